The van der Waals surface area contributed by atoms with Crippen molar-refractivity contribution in [3.8, 4) is 5.75 Å². The molecule has 0 bridgehead atoms. The third-order valence-electron chi connectivity index (χ3n) is 5.13. The number of esters is 2. The van der Waals surface area contributed by atoms with Crippen LogP contribution in [0.1, 0.15) is 35.7 Å². The summed E-state index contributed by atoms with van der Waals surface area (Å²) in [6.07, 6.45) is 0. The van der Waals surface area contributed by atoms with Gasteiger partial charge in [-0.2, -0.15) is 0 Å². The first-order valence-electron chi connectivity index (χ1n) is 10.1. The second-order valence-electron chi connectivity index (χ2n) is 7.29. The molecule has 0 spiro atoms. The van der Waals surface area contributed by atoms with E-state index in [4.69, 9.17) is 19.7 Å². The lowest BCUT2D eigenvalue weighted by molar-refractivity contribution is -0.385. The molecule has 0 aromatic heterocycles. The first-order valence-corrected chi connectivity index (χ1v) is 10.1. The van der Waals surface area contributed by atoms with Gasteiger partial charge in [-0.25, -0.2) is 14.4 Å². The number of benzene rings is 2. The minimum atomic E-state index is -0.986. The SMILES string of the molecule is COC(=O)C1=C(C)NC(C)=C(C(=O)OC)C1c1ccccc1[N+](=O)[O-].O=C(O)c1ccc(O)cc1. The van der Waals surface area contributed by atoms with Gasteiger partial charge in [-0.05, 0) is 38.1 Å². The van der Waals surface area contributed by atoms with E-state index in [1.807, 2.05) is 0 Å². The molecule has 1 aliphatic heterocycles. The summed E-state index contributed by atoms with van der Waals surface area (Å²) < 4.78 is 9.66. The minimum absolute atomic E-state index is 0.0741. The number of nitro groups is 1. The van der Waals surface area contributed by atoms with Crippen molar-refractivity contribution in [1.82, 2.24) is 5.32 Å². The number of hydrogen-bond donors (Lipinski definition) is 3. The number of ether oxygens (including phenoxy) is 2. The van der Waals surface area contributed by atoms with Crippen LogP contribution in [-0.4, -0.2) is 47.3 Å². The molecule has 3 N–H and O–H groups in total. The number of nitro benzene ring substituents is 1. The minimum Gasteiger partial charge on any atom is -0.508 e. The highest BCUT2D eigenvalue weighted by molar-refractivity contribution is 6.00. The molecular weight excluding hydrogens is 460 g/mol. The molecule has 2 aromatic carbocycles. The van der Waals surface area contributed by atoms with Gasteiger partial charge in [0.15, 0.2) is 0 Å². The van der Waals surface area contributed by atoms with E-state index in [0.717, 1.165) is 0 Å². The molecule has 0 saturated heterocycles. The molecular formula is C24H24N2O9. The Hall–Kier alpha value is -4.67. The van der Waals surface area contributed by atoms with Gasteiger partial charge in [0.05, 0.1) is 41.8 Å². The van der Waals surface area contributed by atoms with Crippen molar-refractivity contribution in [1.29, 1.82) is 0 Å². The molecule has 0 atom stereocenters. The summed E-state index contributed by atoms with van der Waals surface area (Å²) >= 11 is 0. The molecule has 3 rings (SSSR count). The summed E-state index contributed by atoms with van der Waals surface area (Å²) in [6, 6.07) is 11.3. The lowest BCUT2D eigenvalue weighted by Crippen LogP contribution is -2.32. The first-order chi connectivity index (χ1) is 16.5. The van der Waals surface area contributed by atoms with E-state index in [-0.39, 0.29) is 33.7 Å². The van der Waals surface area contributed by atoms with Crippen LogP contribution in [0.4, 0.5) is 5.69 Å². The Bertz CT molecular complexity index is 1180. The molecule has 11 heteroatoms. The van der Waals surface area contributed by atoms with E-state index in [1.54, 1.807) is 19.9 Å². The first kappa shape index (κ1) is 26.6. The predicted octanol–water partition coefficient (Wildman–Crippen LogP) is 3.27. The van der Waals surface area contributed by atoms with Gasteiger partial charge in [0.25, 0.3) is 5.69 Å². The largest absolute Gasteiger partial charge is 0.508 e. The number of allylic oxidation sites excluding steroid dienone is 2. The molecule has 11 nitrogen and oxygen atoms in total. The maximum Gasteiger partial charge on any atom is 0.336 e. The Morgan fingerprint density at radius 3 is 1.83 bits per heavy atom. The van der Waals surface area contributed by atoms with Crippen LogP contribution < -0.4 is 5.32 Å². The van der Waals surface area contributed by atoms with Crippen LogP contribution in [0.5, 0.6) is 5.75 Å². The number of nitrogens with one attached hydrogen (secondary N) is 1. The van der Waals surface area contributed by atoms with Crippen molar-refractivity contribution in [3.05, 3.63) is 92.3 Å². The Morgan fingerprint density at radius 1 is 0.914 bits per heavy atom. The molecule has 0 aliphatic carbocycles. The summed E-state index contributed by atoms with van der Waals surface area (Å²) in [4.78, 5) is 45.8. The molecule has 0 fully saturated rings. The van der Waals surface area contributed by atoms with Gasteiger partial charge in [-0.15, -0.1) is 0 Å². The molecule has 0 unspecified atom stereocenters. The average molecular weight is 484 g/mol. The summed E-state index contributed by atoms with van der Waals surface area (Å²) in [5, 5.41) is 31.5. The van der Waals surface area contributed by atoms with Crippen molar-refractivity contribution in [2.75, 3.05) is 14.2 Å². The molecule has 2 aromatic rings. The van der Waals surface area contributed by atoms with Crippen LogP contribution in [-0.2, 0) is 19.1 Å². The Morgan fingerprint density at radius 2 is 1.40 bits per heavy atom. The molecule has 0 saturated carbocycles. The fourth-order valence-corrected chi connectivity index (χ4v) is 3.57. The van der Waals surface area contributed by atoms with Gasteiger partial charge in [-0.1, -0.05) is 18.2 Å². The number of nitrogens with zero attached hydrogens (tertiary/aromatic N) is 1. The molecule has 184 valence electrons. The molecule has 0 radical (unpaired) electrons. The standard InChI is InChI=1S/C17H18N2O6.C7H6O3/c1-9-13(16(20)24-3)15(14(10(2)18-9)17(21)25-4)11-7-5-6-8-12(11)19(22)23;8-6-3-1-5(2-4-6)7(9)10/h5-8,15,18H,1-4H3;1-4,8H,(H,9,10). The molecule has 0 amide bonds. The average Bonchev–Trinajstić information content (AvgIpc) is 2.83. The number of phenolic OH excluding ortho intramolecular Hbond substituents is 1. The van der Waals surface area contributed by atoms with E-state index in [0.29, 0.717) is 11.4 Å². The number of phenols is 1. The number of methoxy groups -OCH3 is 2. The van der Waals surface area contributed by atoms with Crippen LogP contribution in [0.25, 0.3) is 0 Å². The number of carbonyl (C=O) groups excluding carboxylic acids is 2. The number of aromatic carboxylic acids is 1. The van der Waals surface area contributed by atoms with E-state index in [2.05, 4.69) is 5.32 Å². The fourth-order valence-electron chi connectivity index (χ4n) is 3.57. The van der Waals surface area contributed by atoms with Gasteiger partial charge in [0.2, 0.25) is 0 Å². The Balaban J connectivity index is 0.000000360. The van der Waals surface area contributed by atoms with E-state index >= 15 is 0 Å². The van der Waals surface area contributed by atoms with Crippen molar-refractivity contribution in [2.24, 2.45) is 0 Å². The highest BCUT2D eigenvalue weighted by atomic mass is 16.6. The maximum atomic E-state index is 12.3. The molecule has 1 aliphatic rings. The number of para-hydroxylation sites is 1. The lowest BCUT2D eigenvalue weighted by atomic mass is 9.79. The van der Waals surface area contributed by atoms with Crippen LogP contribution in [0.2, 0.25) is 0 Å². The number of dihydropyridines is 1. The van der Waals surface area contributed by atoms with Crippen LogP contribution in [0.3, 0.4) is 0 Å². The quantitative estimate of drug-likeness (QED) is 0.326. The summed E-state index contributed by atoms with van der Waals surface area (Å²) in [5.41, 5.74) is 1.37. The van der Waals surface area contributed by atoms with Gasteiger partial charge in [0.1, 0.15) is 5.75 Å². The molecule has 1 heterocycles. The number of rotatable bonds is 5. The summed E-state index contributed by atoms with van der Waals surface area (Å²) in [6.45, 7) is 3.29. The van der Waals surface area contributed by atoms with E-state index < -0.39 is 28.7 Å². The summed E-state index contributed by atoms with van der Waals surface area (Å²) in [7, 11) is 2.42. The van der Waals surface area contributed by atoms with Crippen molar-refractivity contribution in [3.63, 3.8) is 0 Å². The number of aromatic hydroxyl groups is 1. The lowest BCUT2D eigenvalue weighted by Gasteiger charge is -2.29. The predicted molar refractivity (Wildman–Crippen MR) is 123 cm³/mol. The molecule has 35 heavy (non-hydrogen) atoms. The fraction of sp³-hybridized carbons (Fsp3) is 0.208. The van der Waals surface area contributed by atoms with Crippen LogP contribution in [0.15, 0.2) is 71.1 Å². The maximum absolute atomic E-state index is 12.3. The number of carboxylic acids is 1. The van der Waals surface area contributed by atoms with Gasteiger partial charge in [-0.3, -0.25) is 10.1 Å². The zero-order chi connectivity index (χ0) is 26.3. The van der Waals surface area contributed by atoms with Crippen LogP contribution in [0, 0.1) is 10.1 Å². The topological polar surface area (TPSA) is 165 Å². The smallest absolute Gasteiger partial charge is 0.336 e. The summed E-state index contributed by atoms with van der Waals surface area (Å²) in [5.74, 6) is -3.24. The van der Waals surface area contributed by atoms with Crippen molar-refractivity contribution in [2.45, 2.75) is 19.8 Å². The Labute approximate surface area is 200 Å². The van der Waals surface area contributed by atoms with Crippen molar-refractivity contribution < 1.29 is 39.0 Å². The highest BCUT2D eigenvalue weighted by Crippen LogP contribution is 2.42. The zero-order valence-corrected chi connectivity index (χ0v) is 19.4. The van der Waals surface area contributed by atoms with Gasteiger partial charge in [0, 0.05) is 23.0 Å². The Kier molecular flexibility index (Phi) is 8.70. The number of carbonyl (C=O) groups is 3. The second-order valence-corrected chi connectivity index (χ2v) is 7.29. The van der Waals surface area contributed by atoms with Gasteiger partial charge >= 0.3 is 17.9 Å². The van der Waals surface area contributed by atoms with E-state index in [9.17, 15) is 24.5 Å². The van der Waals surface area contributed by atoms with Crippen molar-refractivity contribution >= 4 is 23.6 Å². The van der Waals surface area contributed by atoms with Crippen LogP contribution >= 0.6 is 0 Å². The third kappa shape index (κ3) is 6.02. The van der Waals surface area contributed by atoms with Gasteiger partial charge < -0.3 is 25.0 Å². The van der Waals surface area contributed by atoms with E-state index in [1.165, 1.54) is 56.7 Å². The third-order valence-corrected chi connectivity index (χ3v) is 5.13. The normalized spacial score (nSPS) is 13.3. The highest BCUT2D eigenvalue weighted by Gasteiger charge is 2.40. The second kappa shape index (κ2) is 11.5. The monoisotopic (exact) mass is 484 g/mol. The number of carboxylic acid groups (broad SMARTS) is 1. The zero-order valence-electron chi connectivity index (χ0n) is 19.4. The number of hydrogen-bond acceptors (Lipinski definition) is 9.